The van der Waals surface area contributed by atoms with E-state index >= 15 is 0 Å². The first-order valence-electron chi connectivity index (χ1n) is 10.0. The molecule has 4 rings (SSSR count). The number of hydrogen-bond acceptors (Lipinski definition) is 6. The third-order valence-corrected chi connectivity index (χ3v) is 5.56. The van der Waals surface area contributed by atoms with Gasteiger partial charge in [0, 0.05) is 25.1 Å². The van der Waals surface area contributed by atoms with Crippen molar-refractivity contribution in [2.45, 2.75) is 25.3 Å². The summed E-state index contributed by atoms with van der Waals surface area (Å²) in [5.41, 5.74) is 0.830. The van der Waals surface area contributed by atoms with Gasteiger partial charge < -0.3 is 9.73 Å². The molecular weight excluding hydrogens is 436 g/mol. The average molecular weight is 458 g/mol. The predicted octanol–water partition coefficient (Wildman–Crippen LogP) is 4.21. The van der Waals surface area contributed by atoms with E-state index in [1.54, 1.807) is 11.8 Å². The zero-order chi connectivity index (χ0) is 22.5. The maximum absolute atomic E-state index is 13.9. The lowest BCUT2D eigenvalue weighted by atomic mass is 10.2. The fraction of sp³-hybridized carbons (Fsp3) is 0.273. The van der Waals surface area contributed by atoms with E-state index in [4.69, 9.17) is 4.42 Å². The van der Waals surface area contributed by atoms with Crippen LogP contribution in [-0.4, -0.2) is 37.5 Å². The highest BCUT2D eigenvalue weighted by atomic mass is 32.2. The predicted molar refractivity (Wildman–Crippen MR) is 117 cm³/mol. The molecule has 0 spiro atoms. The van der Waals surface area contributed by atoms with Crippen LogP contribution in [0.15, 0.2) is 53.2 Å². The van der Waals surface area contributed by atoms with Crippen molar-refractivity contribution in [3.63, 3.8) is 0 Å². The Kier molecular flexibility index (Phi) is 6.79. The quantitative estimate of drug-likeness (QED) is 0.405. The van der Waals surface area contributed by atoms with E-state index in [0.29, 0.717) is 23.8 Å². The molecule has 0 saturated heterocycles. The average Bonchev–Trinajstić information content (AvgIpc) is 3.42. The number of rotatable bonds is 9. The second-order valence-electron chi connectivity index (χ2n) is 7.13. The zero-order valence-corrected chi connectivity index (χ0v) is 18.1. The van der Waals surface area contributed by atoms with Crippen molar-refractivity contribution in [2.24, 2.45) is 0 Å². The van der Waals surface area contributed by atoms with Gasteiger partial charge in [-0.3, -0.25) is 9.20 Å². The highest BCUT2D eigenvalue weighted by Crippen LogP contribution is 2.25. The number of nitrogens with zero attached hydrogens (tertiary/aromatic N) is 4. The molecule has 0 aliphatic heterocycles. The topological polar surface area (TPSA) is 85.3 Å². The summed E-state index contributed by atoms with van der Waals surface area (Å²) in [5.74, 6) is 0.420. The molecule has 10 heteroatoms. The Morgan fingerprint density at radius 1 is 1.25 bits per heavy atom. The highest BCUT2D eigenvalue weighted by Gasteiger charge is 2.20. The van der Waals surface area contributed by atoms with Crippen LogP contribution in [0, 0.1) is 11.6 Å². The summed E-state index contributed by atoms with van der Waals surface area (Å²) in [7, 11) is 0. The minimum absolute atomic E-state index is 0.116. The van der Waals surface area contributed by atoms with E-state index in [-0.39, 0.29) is 36.1 Å². The molecule has 0 fully saturated rings. The van der Waals surface area contributed by atoms with Crippen molar-refractivity contribution in [2.75, 3.05) is 12.0 Å². The molecular formula is C22H21F2N5O2S. The monoisotopic (exact) mass is 457 g/mol. The van der Waals surface area contributed by atoms with Crippen LogP contribution in [0.25, 0.3) is 17.0 Å². The summed E-state index contributed by atoms with van der Waals surface area (Å²) in [6, 6.07) is 8.56. The molecule has 1 atom stereocenters. The maximum Gasteiger partial charge on any atom is 0.221 e. The van der Waals surface area contributed by atoms with Crippen LogP contribution in [0.2, 0.25) is 0 Å². The first kappa shape index (κ1) is 21.9. The number of fused-ring (bicyclic) bond motifs is 1. The lowest BCUT2D eigenvalue weighted by Gasteiger charge is -2.16. The van der Waals surface area contributed by atoms with Crippen LogP contribution in [-0.2, 0) is 11.2 Å². The smallest absolute Gasteiger partial charge is 0.221 e. The van der Waals surface area contributed by atoms with E-state index in [9.17, 15) is 13.6 Å². The van der Waals surface area contributed by atoms with E-state index in [2.05, 4.69) is 20.5 Å². The molecule has 0 radical (unpaired) electrons. The first-order chi connectivity index (χ1) is 15.5. The van der Waals surface area contributed by atoms with Crippen molar-refractivity contribution >= 4 is 23.3 Å². The van der Waals surface area contributed by atoms with Gasteiger partial charge in [0.15, 0.2) is 23.1 Å². The number of carbonyl (C=O) groups is 1. The van der Waals surface area contributed by atoms with Crippen LogP contribution >= 0.6 is 11.8 Å². The molecule has 0 aliphatic carbocycles. The van der Waals surface area contributed by atoms with Gasteiger partial charge >= 0.3 is 0 Å². The number of halogens is 2. The van der Waals surface area contributed by atoms with Crippen LogP contribution < -0.4 is 5.32 Å². The standard InChI is InChI=1S/C22H21F2N5O2S/c1-32-11-9-17(22-28-27-19-4-2-3-10-29(19)22)26-20(30)7-8-21-25-13-18(31-21)15-6-5-14(23)12-16(15)24/h2-6,10,12-13,17H,7-9,11H2,1H3,(H,26,30). The molecule has 1 N–H and O–H groups in total. The summed E-state index contributed by atoms with van der Waals surface area (Å²) in [6.45, 7) is 0. The summed E-state index contributed by atoms with van der Waals surface area (Å²) >= 11 is 1.68. The van der Waals surface area contributed by atoms with Gasteiger partial charge in [-0.05, 0) is 42.7 Å². The molecule has 3 heterocycles. The van der Waals surface area contributed by atoms with Gasteiger partial charge in [-0.25, -0.2) is 13.8 Å². The number of carbonyl (C=O) groups excluding carboxylic acids is 1. The van der Waals surface area contributed by atoms with Crippen LogP contribution in [0.4, 0.5) is 8.78 Å². The van der Waals surface area contributed by atoms with Crippen molar-refractivity contribution in [1.29, 1.82) is 0 Å². The summed E-state index contributed by atoms with van der Waals surface area (Å²) in [5, 5.41) is 11.5. The second-order valence-corrected chi connectivity index (χ2v) is 8.12. The Morgan fingerprint density at radius 3 is 2.94 bits per heavy atom. The molecule has 0 bridgehead atoms. The third kappa shape index (κ3) is 4.96. The molecule has 0 saturated carbocycles. The molecule has 7 nitrogen and oxygen atoms in total. The summed E-state index contributed by atoms with van der Waals surface area (Å²) < 4.78 is 34.5. The number of aryl methyl sites for hydroxylation is 1. The summed E-state index contributed by atoms with van der Waals surface area (Å²) in [4.78, 5) is 16.8. The van der Waals surface area contributed by atoms with Crippen LogP contribution in [0.1, 0.15) is 30.6 Å². The van der Waals surface area contributed by atoms with E-state index in [1.165, 1.54) is 12.3 Å². The minimum atomic E-state index is -0.734. The van der Waals surface area contributed by atoms with Crippen molar-refractivity contribution in [3.8, 4) is 11.3 Å². The van der Waals surface area contributed by atoms with Crippen LogP contribution in [0.5, 0.6) is 0 Å². The summed E-state index contributed by atoms with van der Waals surface area (Å²) in [6.07, 6.45) is 6.32. The molecule has 0 aliphatic rings. The largest absolute Gasteiger partial charge is 0.441 e. The van der Waals surface area contributed by atoms with Gasteiger partial charge in [-0.15, -0.1) is 10.2 Å². The molecule has 3 aromatic heterocycles. The molecule has 166 valence electrons. The number of amides is 1. The maximum atomic E-state index is 13.9. The number of hydrogen-bond donors (Lipinski definition) is 1. The normalized spacial score (nSPS) is 12.2. The first-order valence-corrected chi connectivity index (χ1v) is 11.4. The van der Waals surface area contributed by atoms with Gasteiger partial charge in [-0.2, -0.15) is 11.8 Å². The van der Waals surface area contributed by atoms with Gasteiger partial charge in [0.25, 0.3) is 0 Å². The Bertz CT molecular complexity index is 1230. The number of thioether (sulfide) groups is 1. The van der Waals surface area contributed by atoms with E-state index in [1.807, 2.05) is 35.1 Å². The number of pyridine rings is 1. The number of benzene rings is 1. The molecule has 1 aromatic carbocycles. The highest BCUT2D eigenvalue weighted by molar-refractivity contribution is 7.98. The Morgan fingerprint density at radius 2 is 2.12 bits per heavy atom. The fourth-order valence-electron chi connectivity index (χ4n) is 3.33. The van der Waals surface area contributed by atoms with Gasteiger partial charge in [0.2, 0.25) is 5.91 Å². The second kappa shape index (κ2) is 9.90. The molecule has 1 amide bonds. The Labute approximate surface area is 187 Å². The lowest BCUT2D eigenvalue weighted by molar-refractivity contribution is -0.122. The van der Waals surface area contributed by atoms with Crippen molar-refractivity contribution in [3.05, 3.63) is 72.1 Å². The van der Waals surface area contributed by atoms with E-state index in [0.717, 1.165) is 17.9 Å². The Hall–Kier alpha value is -3.27. The van der Waals surface area contributed by atoms with Gasteiger partial charge in [-0.1, -0.05) is 6.07 Å². The van der Waals surface area contributed by atoms with Crippen LogP contribution in [0.3, 0.4) is 0 Å². The minimum Gasteiger partial charge on any atom is -0.441 e. The number of oxazole rings is 1. The molecule has 4 aromatic rings. The van der Waals surface area contributed by atoms with Gasteiger partial charge in [0.1, 0.15) is 11.6 Å². The van der Waals surface area contributed by atoms with Gasteiger partial charge in [0.05, 0.1) is 17.8 Å². The third-order valence-electron chi connectivity index (χ3n) is 4.91. The SMILES string of the molecule is CSCCC(NC(=O)CCc1ncc(-c2ccc(F)cc2F)o1)c1nnc2ccccn12. The fourth-order valence-corrected chi connectivity index (χ4v) is 3.80. The molecule has 1 unspecified atom stereocenters. The molecule has 32 heavy (non-hydrogen) atoms. The number of nitrogens with one attached hydrogen (secondary N) is 1. The van der Waals surface area contributed by atoms with E-state index < -0.39 is 11.6 Å². The Balaban J connectivity index is 1.41. The lowest BCUT2D eigenvalue weighted by Crippen LogP contribution is -2.30. The number of aromatic nitrogens is 4. The van der Waals surface area contributed by atoms with Crippen molar-refractivity contribution in [1.82, 2.24) is 24.9 Å². The zero-order valence-electron chi connectivity index (χ0n) is 17.3. The van der Waals surface area contributed by atoms with Crippen molar-refractivity contribution < 1.29 is 18.0 Å².